The van der Waals surface area contributed by atoms with Gasteiger partial charge in [-0.2, -0.15) is 0 Å². The van der Waals surface area contributed by atoms with Gasteiger partial charge in [0.25, 0.3) is 5.91 Å². The third kappa shape index (κ3) is 4.50. The van der Waals surface area contributed by atoms with Crippen LogP contribution in [0.3, 0.4) is 0 Å². The topological polar surface area (TPSA) is 90.2 Å². The number of nitrogens with zero attached hydrogens (tertiary/aromatic N) is 5. The third-order valence-corrected chi connectivity index (χ3v) is 4.99. The van der Waals surface area contributed by atoms with Crippen molar-refractivity contribution in [2.24, 2.45) is 0 Å². The van der Waals surface area contributed by atoms with Crippen LogP contribution in [0.1, 0.15) is 56.3 Å². The Balaban J connectivity index is 1.61. The van der Waals surface area contributed by atoms with E-state index in [2.05, 4.69) is 15.5 Å². The second kappa shape index (κ2) is 8.75. The first-order chi connectivity index (χ1) is 13.1. The Labute approximate surface area is 158 Å². The Morgan fingerprint density at radius 3 is 2.52 bits per heavy atom. The van der Waals surface area contributed by atoms with E-state index in [0.717, 1.165) is 31.4 Å². The second-order valence-corrected chi connectivity index (χ2v) is 6.76. The summed E-state index contributed by atoms with van der Waals surface area (Å²) < 4.78 is 6.92. The lowest BCUT2D eigenvalue weighted by atomic mass is 9.94. The molecule has 0 saturated heterocycles. The van der Waals surface area contributed by atoms with Crippen LogP contribution in [0, 0.1) is 0 Å². The highest BCUT2D eigenvalue weighted by Crippen LogP contribution is 2.23. The molecular weight excluding hydrogens is 346 g/mol. The lowest BCUT2D eigenvalue weighted by Gasteiger charge is -2.35. The van der Waals surface area contributed by atoms with Gasteiger partial charge in [-0.05, 0) is 61.4 Å². The van der Waals surface area contributed by atoms with Crippen LogP contribution in [-0.4, -0.2) is 55.7 Å². The number of tetrazole rings is 1. The fourth-order valence-electron chi connectivity index (χ4n) is 3.53. The molecule has 1 aromatic heterocycles. The highest BCUT2D eigenvalue weighted by molar-refractivity contribution is 5.92. The molecule has 0 radical (unpaired) electrons. The normalized spacial score (nSPS) is 15.9. The predicted octanol–water partition coefficient (Wildman–Crippen LogP) is 2.39. The Morgan fingerprint density at radius 1 is 1.22 bits per heavy atom. The van der Waals surface area contributed by atoms with Crippen molar-refractivity contribution in [2.45, 2.75) is 58.1 Å². The molecule has 1 fully saturated rings. The van der Waals surface area contributed by atoms with E-state index in [4.69, 9.17) is 4.74 Å². The first-order valence-corrected chi connectivity index (χ1v) is 9.45. The fourth-order valence-corrected chi connectivity index (χ4v) is 3.53. The van der Waals surface area contributed by atoms with Crippen molar-refractivity contribution in [3.63, 3.8) is 0 Å². The van der Waals surface area contributed by atoms with E-state index >= 15 is 0 Å². The van der Waals surface area contributed by atoms with Gasteiger partial charge in [0.2, 0.25) is 0 Å². The first kappa shape index (κ1) is 19.0. The average molecular weight is 371 g/mol. The molecule has 8 heteroatoms. The maximum absolute atomic E-state index is 12.8. The molecule has 1 aliphatic rings. The molecule has 27 heavy (non-hydrogen) atoms. The van der Waals surface area contributed by atoms with E-state index in [1.54, 1.807) is 31.2 Å². The smallest absolute Gasteiger partial charge is 0.338 e. The van der Waals surface area contributed by atoms with Crippen molar-refractivity contribution in [1.82, 2.24) is 25.1 Å². The van der Waals surface area contributed by atoms with E-state index in [1.165, 1.54) is 17.4 Å². The van der Waals surface area contributed by atoms with E-state index < -0.39 is 12.1 Å². The molecule has 0 spiro atoms. The number of carbonyl (C=O) groups is 2. The maximum Gasteiger partial charge on any atom is 0.338 e. The van der Waals surface area contributed by atoms with Crippen LogP contribution < -0.4 is 0 Å². The maximum atomic E-state index is 12.8. The number of esters is 1. The number of ether oxygens (including phenoxy) is 1. The van der Waals surface area contributed by atoms with Gasteiger partial charge in [-0.3, -0.25) is 4.79 Å². The van der Waals surface area contributed by atoms with Crippen LogP contribution in [0.25, 0.3) is 5.69 Å². The van der Waals surface area contributed by atoms with Crippen molar-refractivity contribution in [3.8, 4) is 5.69 Å². The summed E-state index contributed by atoms with van der Waals surface area (Å²) >= 11 is 0. The van der Waals surface area contributed by atoms with Crippen molar-refractivity contribution >= 4 is 11.9 Å². The third-order valence-electron chi connectivity index (χ3n) is 4.99. The lowest BCUT2D eigenvalue weighted by molar-refractivity contribution is -0.142. The summed E-state index contributed by atoms with van der Waals surface area (Å²) in [5.74, 6) is -0.637. The monoisotopic (exact) mass is 371 g/mol. The molecule has 144 valence electrons. The number of amides is 1. The average Bonchev–Trinajstić information content (AvgIpc) is 3.24. The summed E-state index contributed by atoms with van der Waals surface area (Å²) in [6.45, 7) is 4.24. The SMILES string of the molecule is CCN(C(=O)[C@@H](C)OC(=O)c1ccc(-n2cnnn2)cc1)C1CCCCC1. The van der Waals surface area contributed by atoms with Crippen molar-refractivity contribution in [2.75, 3.05) is 6.54 Å². The van der Waals surface area contributed by atoms with Crippen LogP contribution in [0.5, 0.6) is 0 Å². The van der Waals surface area contributed by atoms with Gasteiger partial charge in [0.1, 0.15) is 6.33 Å². The quantitative estimate of drug-likeness (QED) is 0.724. The molecule has 0 unspecified atom stereocenters. The molecule has 1 aliphatic carbocycles. The van der Waals surface area contributed by atoms with Crippen LogP contribution in [0.15, 0.2) is 30.6 Å². The lowest BCUT2D eigenvalue weighted by Crippen LogP contribution is -2.46. The summed E-state index contributed by atoms with van der Waals surface area (Å²) in [5, 5.41) is 10.9. The fraction of sp³-hybridized carbons (Fsp3) is 0.526. The predicted molar refractivity (Wildman–Crippen MR) is 98.3 cm³/mol. The van der Waals surface area contributed by atoms with Crippen LogP contribution >= 0.6 is 0 Å². The minimum Gasteiger partial charge on any atom is -0.449 e. The Kier molecular flexibility index (Phi) is 6.16. The van der Waals surface area contributed by atoms with E-state index in [1.807, 2.05) is 11.8 Å². The van der Waals surface area contributed by atoms with Gasteiger partial charge < -0.3 is 9.64 Å². The molecule has 8 nitrogen and oxygen atoms in total. The highest BCUT2D eigenvalue weighted by Gasteiger charge is 2.29. The summed E-state index contributed by atoms with van der Waals surface area (Å²) in [6.07, 6.45) is 6.25. The van der Waals surface area contributed by atoms with Gasteiger partial charge in [-0.25, -0.2) is 9.48 Å². The van der Waals surface area contributed by atoms with Gasteiger partial charge in [-0.1, -0.05) is 19.3 Å². The number of carbonyl (C=O) groups excluding carboxylic acids is 2. The molecular formula is C19H25N5O3. The number of benzene rings is 1. The van der Waals surface area contributed by atoms with E-state index in [9.17, 15) is 9.59 Å². The molecule has 1 saturated carbocycles. The molecule has 0 bridgehead atoms. The standard InChI is InChI=1S/C19H25N5O3/c1-3-23(16-7-5-4-6-8-16)18(25)14(2)27-19(26)15-9-11-17(12-10-15)24-13-20-21-22-24/h9-14,16H,3-8H2,1-2H3/t14-/m1/s1. The molecule has 0 aliphatic heterocycles. The highest BCUT2D eigenvalue weighted by atomic mass is 16.5. The number of rotatable bonds is 6. The number of likely N-dealkylation sites (N-methyl/N-ethyl adjacent to an activating group) is 1. The van der Waals surface area contributed by atoms with Crippen LogP contribution in [0.4, 0.5) is 0 Å². The molecule has 0 N–H and O–H groups in total. The zero-order chi connectivity index (χ0) is 19.2. The van der Waals surface area contributed by atoms with Gasteiger partial charge in [0.15, 0.2) is 6.10 Å². The van der Waals surface area contributed by atoms with E-state index in [-0.39, 0.29) is 11.9 Å². The molecule has 1 heterocycles. The summed E-state index contributed by atoms with van der Waals surface area (Å²) in [4.78, 5) is 27.0. The minimum absolute atomic E-state index is 0.122. The first-order valence-electron chi connectivity index (χ1n) is 9.45. The van der Waals surface area contributed by atoms with Gasteiger partial charge in [0, 0.05) is 12.6 Å². The zero-order valence-electron chi connectivity index (χ0n) is 15.7. The van der Waals surface area contributed by atoms with Crippen molar-refractivity contribution < 1.29 is 14.3 Å². The van der Waals surface area contributed by atoms with Gasteiger partial charge in [-0.15, -0.1) is 5.10 Å². The van der Waals surface area contributed by atoms with Crippen LogP contribution in [-0.2, 0) is 9.53 Å². The molecule has 2 aromatic rings. The largest absolute Gasteiger partial charge is 0.449 e. The Morgan fingerprint density at radius 2 is 1.93 bits per heavy atom. The molecule has 3 rings (SSSR count). The molecule has 1 atom stereocenters. The Hall–Kier alpha value is -2.77. The van der Waals surface area contributed by atoms with Crippen molar-refractivity contribution in [1.29, 1.82) is 0 Å². The summed E-state index contributed by atoms with van der Waals surface area (Å²) in [7, 11) is 0. The molecule has 1 aromatic carbocycles. The Bertz CT molecular complexity index is 754. The minimum atomic E-state index is -0.807. The second-order valence-electron chi connectivity index (χ2n) is 6.76. The van der Waals surface area contributed by atoms with Gasteiger partial charge >= 0.3 is 5.97 Å². The van der Waals surface area contributed by atoms with Crippen LogP contribution in [0.2, 0.25) is 0 Å². The van der Waals surface area contributed by atoms with Crippen molar-refractivity contribution in [3.05, 3.63) is 36.2 Å². The van der Waals surface area contributed by atoms with Gasteiger partial charge in [0.05, 0.1) is 11.3 Å². The number of aromatic nitrogens is 4. The number of hydrogen-bond donors (Lipinski definition) is 0. The number of hydrogen-bond acceptors (Lipinski definition) is 6. The summed E-state index contributed by atoms with van der Waals surface area (Å²) in [6, 6.07) is 6.97. The molecule has 1 amide bonds. The zero-order valence-corrected chi connectivity index (χ0v) is 15.7. The van der Waals surface area contributed by atoms with E-state index in [0.29, 0.717) is 12.1 Å². The summed E-state index contributed by atoms with van der Waals surface area (Å²) in [5.41, 5.74) is 1.11.